The molecule has 0 aliphatic carbocycles. The molecule has 2 heterocycles. The molecule has 1 amide bonds. The molecule has 7 nitrogen and oxygen atoms in total. The van der Waals surface area contributed by atoms with Crippen LogP contribution < -0.4 is 15.5 Å². The largest absolute Gasteiger partial charge is 0.497 e. The van der Waals surface area contributed by atoms with E-state index in [0.717, 1.165) is 17.0 Å². The van der Waals surface area contributed by atoms with Crippen molar-refractivity contribution in [3.63, 3.8) is 0 Å². The average molecular weight is 387 g/mol. The molecule has 0 atom stereocenters. The molecule has 9 heteroatoms. The number of benzene rings is 1. The maximum Gasteiger partial charge on any atom is 0.269 e. The Kier molecular flexibility index (Phi) is 5.59. The third-order valence-corrected chi connectivity index (χ3v) is 5.23. The monoisotopic (exact) mass is 387 g/mol. The first-order valence-corrected chi connectivity index (χ1v) is 9.39. The van der Waals surface area contributed by atoms with Crippen molar-refractivity contribution in [3.8, 4) is 5.75 Å². The minimum Gasteiger partial charge on any atom is -0.497 e. The highest BCUT2D eigenvalue weighted by Gasteiger charge is 2.16. The molecule has 0 bridgehead atoms. The number of ether oxygens (including phenoxy) is 1. The van der Waals surface area contributed by atoms with Crippen LogP contribution in [0.3, 0.4) is 0 Å². The Balaban J connectivity index is 1.69. The van der Waals surface area contributed by atoms with Crippen molar-refractivity contribution < 1.29 is 9.53 Å². The highest BCUT2D eigenvalue weighted by atomic mass is 32.1. The highest BCUT2D eigenvalue weighted by molar-refractivity contribution is 7.18. The van der Waals surface area contributed by atoms with Gasteiger partial charge in [0.2, 0.25) is 5.13 Å². The van der Waals surface area contributed by atoms with Crippen LogP contribution in [0.25, 0.3) is 0 Å². The van der Waals surface area contributed by atoms with E-state index in [1.54, 1.807) is 25.6 Å². The molecule has 0 aliphatic rings. The molecule has 3 aromatic rings. The molecule has 2 N–H and O–H groups in total. The van der Waals surface area contributed by atoms with Crippen molar-refractivity contribution in [1.29, 1.82) is 0 Å². The zero-order chi connectivity index (χ0) is 18.5. The predicted molar refractivity (Wildman–Crippen MR) is 106 cm³/mol. The van der Waals surface area contributed by atoms with Crippen molar-refractivity contribution in [2.45, 2.75) is 13.8 Å². The zero-order valence-corrected chi connectivity index (χ0v) is 16.1. The fourth-order valence-electron chi connectivity index (χ4n) is 2.12. The molecular formula is C17H17N5O2S2. The Morgan fingerprint density at radius 1 is 1.23 bits per heavy atom. The standard InChI is InChI=1S/C17H17N5O2S2/c1-10(12-4-6-13(24-3)7-5-12)21-22-17-19-11(2)14(26-17)15(23)20-16-18-8-9-25-16/h4-9H,1-3H3,(H,19,22)(H,18,20,23)/b21-10+. The summed E-state index contributed by atoms with van der Waals surface area (Å²) in [5.74, 6) is 0.569. The van der Waals surface area contributed by atoms with Gasteiger partial charge >= 0.3 is 0 Å². The molecule has 134 valence electrons. The van der Waals surface area contributed by atoms with E-state index in [0.29, 0.717) is 20.8 Å². The topological polar surface area (TPSA) is 88.5 Å². The summed E-state index contributed by atoms with van der Waals surface area (Å²) in [4.78, 5) is 21.2. The van der Waals surface area contributed by atoms with E-state index >= 15 is 0 Å². The van der Waals surface area contributed by atoms with Crippen molar-refractivity contribution in [2.24, 2.45) is 5.10 Å². The van der Waals surface area contributed by atoms with Crippen molar-refractivity contribution in [3.05, 3.63) is 52.0 Å². The maximum atomic E-state index is 12.3. The number of rotatable bonds is 6. The van der Waals surface area contributed by atoms with Gasteiger partial charge in [-0.15, -0.1) is 11.3 Å². The Morgan fingerprint density at radius 3 is 2.65 bits per heavy atom. The molecular weight excluding hydrogens is 370 g/mol. The summed E-state index contributed by atoms with van der Waals surface area (Å²) >= 11 is 2.62. The number of nitrogens with one attached hydrogen (secondary N) is 2. The summed E-state index contributed by atoms with van der Waals surface area (Å²) < 4.78 is 5.15. The number of carbonyl (C=O) groups excluding carboxylic acids is 1. The normalized spacial score (nSPS) is 11.3. The predicted octanol–water partition coefficient (Wildman–Crippen LogP) is 4.01. The van der Waals surface area contributed by atoms with E-state index in [9.17, 15) is 4.79 Å². The number of amides is 1. The number of anilines is 2. The molecule has 0 saturated carbocycles. The molecule has 0 aliphatic heterocycles. The number of hydrogen-bond acceptors (Lipinski definition) is 8. The van der Waals surface area contributed by atoms with Gasteiger partial charge in [0.15, 0.2) is 5.13 Å². The van der Waals surface area contributed by atoms with Gasteiger partial charge in [-0.1, -0.05) is 11.3 Å². The molecule has 0 fully saturated rings. The number of hydrazone groups is 1. The number of thiazole rings is 2. The molecule has 0 spiro atoms. The van der Waals surface area contributed by atoms with E-state index in [1.165, 1.54) is 22.7 Å². The van der Waals surface area contributed by atoms with Crippen LogP contribution in [0.2, 0.25) is 0 Å². The molecule has 1 aromatic carbocycles. The second kappa shape index (κ2) is 8.07. The lowest BCUT2D eigenvalue weighted by molar-refractivity contribution is 0.103. The molecule has 26 heavy (non-hydrogen) atoms. The Labute approximate surface area is 158 Å². The first-order chi connectivity index (χ1) is 12.6. The van der Waals surface area contributed by atoms with Crippen molar-refractivity contribution in [1.82, 2.24) is 9.97 Å². The summed E-state index contributed by atoms with van der Waals surface area (Å²) in [6.07, 6.45) is 1.64. The number of aryl methyl sites for hydroxylation is 1. The molecule has 2 aromatic heterocycles. The summed E-state index contributed by atoms with van der Waals surface area (Å²) in [5.41, 5.74) is 5.33. The van der Waals surface area contributed by atoms with Gasteiger partial charge < -0.3 is 4.74 Å². The average Bonchev–Trinajstić information content (AvgIpc) is 3.29. The van der Waals surface area contributed by atoms with Gasteiger partial charge in [-0.05, 0) is 43.7 Å². The SMILES string of the molecule is COc1ccc(/C(C)=N/Nc2nc(C)c(C(=O)Nc3nccs3)s2)cc1. The summed E-state index contributed by atoms with van der Waals surface area (Å²) in [6.45, 7) is 3.68. The maximum absolute atomic E-state index is 12.3. The van der Waals surface area contributed by atoms with Gasteiger partial charge in [-0.2, -0.15) is 5.10 Å². The summed E-state index contributed by atoms with van der Waals surface area (Å²) in [5, 5.41) is 10.0. The van der Waals surface area contributed by atoms with Crippen LogP contribution in [0.5, 0.6) is 5.75 Å². The van der Waals surface area contributed by atoms with Crippen LogP contribution >= 0.6 is 22.7 Å². The lowest BCUT2D eigenvalue weighted by atomic mass is 10.1. The minimum atomic E-state index is -0.223. The van der Waals surface area contributed by atoms with Gasteiger partial charge in [-0.25, -0.2) is 9.97 Å². The Bertz CT molecular complexity index is 917. The molecule has 3 rings (SSSR count). The van der Waals surface area contributed by atoms with E-state index < -0.39 is 0 Å². The van der Waals surface area contributed by atoms with E-state index in [-0.39, 0.29) is 5.91 Å². The van der Waals surface area contributed by atoms with Crippen LogP contribution in [-0.4, -0.2) is 28.7 Å². The van der Waals surface area contributed by atoms with Crippen LogP contribution in [0.4, 0.5) is 10.3 Å². The third kappa shape index (κ3) is 4.24. The summed E-state index contributed by atoms with van der Waals surface area (Å²) in [6, 6.07) is 7.62. The fourth-order valence-corrected chi connectivity index (χ4v) is 3.45. The second-order valence-corrected chi connectivity index (χ2v) is 7.16. The number of carbonyl (C=O) groups is 1. The summed E-state index contributed by atoms with van der Waals surface area (Å²) in [7, 11) is 1.63. The van der Waals surface area contributed by atoms with Crippen LogP contribution in [0, 0.1) is 6.92 Å². The number of hydrogen-bond donors (Lipinski definition) is 2. The van der Waals surface area contributed by atoms with Crippen molar-refractivity contribution in [2.75, 3.05) is 17.9 Å². The van der Waals surface area contributed by atoms with Gasteiger partial charge in [-0.3, -0.25) is 15.5 Å². The lowest BCUT2D eigenvalue weighted by Crippen LogP contribution is -2.11. The van der Waals surface area contributed by atoms with Gasteiger partial charge in [0, 0.05) is 11.6 Å². The minimum absolute atomic E-state index is 0.223. The van der Waals surface area contributed by atoms with Gasteiger partial charge in [0.05, 0.1) is 18.5 Å². The first-order valence-electron chi connectivity index (χ1n) is 7.70. The Morgan fingerprint density at radius 2 is 2.00 bits per heavy atom. The lowest BCUT2D eigenvalue weighted by Gasteiger charge is -2.03. The van der Waals surface area contributed by atoms with Gasteiger partial charge in [0.1, 0.15) is 10.6 Å². The quantitative estimate of drug-likeness (QED) is 0.493. The smallest absolute Gasteiger partial charge is 0.269 e. The molecule has 0 unspecified atom stereocenters. The third-order valence-electron chi connectivity index (χ3n) is 3.48. The van der Waals surface area contributed by atoms with Crippen LogP contribution in [0.1, 0.15) is 27.9 Å². The van der Waals surface area contributed by atoms with Crippen molar-refractivity contribution >= 4 is 44.6 Å². The number of methoxy groups -OCH3 is 1. The number of nitrogens with zero attached hydrogens (tertiary/aromatic N) is 3. The van der Waals surface area contributed by atoms with Crippen LogP contribution in [-0.2, 0) is 0 Å². The van der Waals surface area contributed by atoms with Gasteiger partial charge in [0.25, 0.3) is 5.91 Å². The van der Waals surface area contributed by atoms with E-state index in [1.807, 2.05) is 31.2 Å². The molecule has 0 saturated heterocycles. The molecule has 0 radical (unpaired) electrons. The van der Waals surface area contributed by atoms with Crippen LogP contribution in [0.15, 0.2) is 40.9 Å². The fraction of sp³-hybridized carbons (Fsp3) is 0.176. The Hall–Kier alpha value is -2.78. The highest BCUT2D eigenvalue weighted by Crippen LogP contribution is 2.24. The second-order valence-electron chi connectivity index (χ2n) is 5.26. The zero-order valence-electron chi connectivity index (χ0n) is 14.4. The van der Waals surface area contributed by atoms with E-state index in [2.05, 4.69) is 25.8 Å². The first kappa shape index (κ1) is 18.0. The number of aromatic nitrogens is 2. The van der Waals surface area contributed by atoms with E-state index in [4.69, 9.17) is 4.74 Å².